The van der Waals surface area contributed by atoms with Crippen molar-refractivity contribution in [1.29, 1.82) is 0 Å². The molecule has 2 saturated heterocycles. The van der Waals surface area contributed by atoms with Crippen molar-refractivity contribution < 1.29 is 41.0 Å². The third-order valence-electron chi connectivity index (χ3n) is 6.47. The number of amides is 1. The summed E-state index contributed by atoms with van der Waals surface area (Å²) >= 11 is 0. The van der Waals surface area contributed by atoms with Crippen LogP contribution >= 0.6 is 0 Å². The summed E-state index contributed by atoms with van der Waals surface area (Å²) in [4.78, 5) is 35.0. The quantitative estimate of drug-likeness (QED) is 0.428. The fraction of sp³-hybridized carbons (Fsp3) is 0.591. The third kappa shape index (κ3) is 6.41. The van der Waals surface area contributed by atoms with Crippen LogP contribution < -0.4 is 15.8 Å². The minimum Gasteiger partial charge on any atom is -0.389 e. The van der Waals surface area contributed by atoms with Gasteiger partial charge < -0.3 is 25.0 Å². The highest BCUT2D eigenvalue weighted by Gasteiger charge is 2.42. The first-order valence-corrected chi connectivity index (χ1v) is 11.9. The van der Waals surface area contributed by atoms with Gasteiger partial charge in [0.2, 0.25) is 5.95 Å². The fourth-order valence-corrected chi connectivity index (χ4v) is 4.61. The maximum atomic E-state index is 13.2. The summed E-state index contributed by atoms with van der Waals surface area (Å²) in [6, 6.07) is -1.28. The zero-order valence-electron chi connectivity index (χ0n) is 20.5. The largest absolute Gasteiger partial charge is 0.423 e. The number of piperidine rings is 1. The highest BCUT2D eigenvalue weighted by molar-refractivity contribution is 5.83. The third-order valence-corrected chi connectivity index (χ3v) is 6.47. The van der Waals surface area contributed by atoms with Gasteiger partial charge in [-0.3, -0.25) is 9.59 Å². The van der Waals surface area contributed by atoms with Gasteiger partial charge in [0.15, 0.2) is 0 Å². The van der Waals surface area contributed by atoms with Crippen LogP contribution in [0.1, 0.15) is 30.9 Å². The normalized spacial score (nSPS) is 23.3. The van der Waals surface area contributed by atoms with Crippen LogP contribution in [0.2, 0.25) is 0 Å². The Morgan fingerprint density at radius 1 is 1.10 bits per heavy atom. The van der Waals surface area contributed by atoms with Gasteiger partial charge in [0.25, 0.3) is 11.5 Å². The molecule has 2 aromatic heterocycles. The molecule has 4 rings (SSSR count). The SMILES string of the molecule is CC(COC1CCN([C@@H]2CCN(c3ncc(C(F)(F)F)cn3)C[C@@H]2O)C1=O)Nc1cn[nH]c(=O)c1C(F)(F)F. The monoisotopic (exact) mass is 565 g/mol. The lowest BCUT2D eigenvalue weighted by Crippen LogP contribution is -2.55. The van der Waals surface area contributed by atoms with Crippen LogP contribution in [0.4, 0.5) is 38.0 Å². The zero-order chi connectivity index (χ0) is 28.5. The van der Waals surface area contributed by atoms with E-state index in [9.17, 15) is 41.0 Å². The molecular formula is C22H25F6N7O4. The van der Waals surface area contributed by atoms with E-state index in [1.54, 1.807) is 5.10 Å². The molecule has 11 nitrogen and oxygen atoms in total. The Morgan fingerprint density at radius 3 is 2.41 bits per heavy atom. The van der Waals surface area contributed by atoms with Gasteiger partial charge in [-0.2, -0.15) is 31.4 Å². The van der Waals surface area contributed by atoms with Crippen LogP contribution in [0.5, 0.6) is 0 Å². The molecule has 2 aliphatic heterocycles. The van der Waals surface area contributed by atoms with Crippen LogP contribution in [-0.2, 0) is 21.9 Å². The standard InChI is InChI=1S/C22H25F6N7O4/c1-11(32-13-8-31-33-18(37)17(13)22(26,27)28)10-39-16-3-5-35(19(16)38)14-2-4-34(9-15(14)36)20-29-6-12(7-30-20)21(23,24)25/h6-8,11,14-16,36H,2-5,9-10H2,1H3,(H2,32,33,37)/t11?,14-,15+,16?/m1/s1. The number of halogens is 6. The van der Waals surface area contributed by atoms with E-state index in [-0.39, 0.29) is 38.1 Å². The Labute approximate surface area is 217 Å². The molecule has 0 radical (unpaired) electrons. The number of β-amino-alcohol motifs (C(OH)–C–C–N with tert-alkyl or cyclic N) is 1. The van der Waals surface area contributed by atoms with Crippen molar-refractivity contribution >= 4 is 17.5 Å². The van der Waals surface area contributed by atoms with Gasteiger partial charge in [-0.05, 0) is 13.3 Å². The predicted molar refractivity (Wildman–Crippen MR) is 123 cm³/mol. The Bertz CT molecular complexity index is 1220. The second-order valence-electron chi connectivity index (χ2n) is 9.31. The van der Waals surface area contributed by atoms with Crippen LogP contribution in [-0.4, -0.2) is 86.6 Å². The number of carbonyl (C=O) groups is 1. The number of anilines is 2. The highest BCUT2D eigenvalue weighted by Crippen LogP contribution is 2.32. The van der Waals surface area contributed by atoms with E-state index in [1.165, 1.54) is 16.7 Å². The smallest absolute Gasteiger partial charge is 0.389 e. The maximum absolute atomic E-state index is 13.2. The zero-order valence-corrected chi connectivity index (χ0v) is 20.5. The van der Waals surface area contributed by atoms with Gasteiger partial charge in [-0.1, -0.05) is 0 Å². The molecular weight excluding hydrogens is 540 g/mol. The van der Waals surface area contributed by atoms with E-state index in [0.29, 0.717) is 25.2 Å². The molecule has 0 aliphatic carbocycles. The number of aromatic amines is 1. The molecule has 39 heavy (non-hydrogen) atoms. The summed E-state index contributed by atoms with van der Waals surface area (Å²) in [5, 5.41) is 18.4. The maximum Gasteiger partial charge on any atom is 0.423 e. The molecule has 2 unspecified atom stereocenters. The topological polar surface area (TPSA) is 137 Å². The summed E-state index contributed by atoms with van der Waals surface area (Å²) in [5.41, 5.74) is -4.32. The van der Waals surface area contributed by atoms with Gasteiger partial charge in [0.05, 0.1) is 36.2 Å². The van der Waals surface area contributed by atoms with E-state index in [4.69, 9.17) is 4.74 Å². The van der Waals surface area contributed by atoms with Gasteiger partial charge >= 0.3 is 12.4 Å². The molecule has 214 valence electrons. The van der Waals surface area contributed by atoms with Crippen LogP contribution in [0.3, 0.4) is 0 Å². The van der Waals surface area contributed by atoms with E-state index in [2.05, 4.69) is 20.4 Å². The minimum atomic E-state index is -4.91. The number of nitrogens with zero attached hydrogens (tertiary/aromatic N) is 5. The van der Waals surface area contributed by atoms with Crippen molar-refractivity contribution in [3.63, 3.8) is 0 Å². The summed E-state index contributed by atoms with van der Waals surface area (Å²) in [5.74, 6) is -0.362. The number of aliphatic hydroxyl groups is 1. The molecule has 1 amide bonds. The number of alkyl halides is 6. The number of aromatic nitrogens is 4. The fourth-order valence-electron chi connectivity index (χ4n) is 4.61. The minimum absolute atomic E-state index is 0.00191. The molecule has 17 heteroatoms. The van der Waals surface area contributed by atoms with E-state index >= 15 is 0 Å². The Hall–Kier alpha value is -3.47. The molecule has 0 bridgehead atoms. The lowest BCUT2D eigenvalue weighted by Gasteiger charge is -2.40. The van der Waals surface area contributed by atoms with Crippen molar-refractivity contribution in [2.24, 2.45) is 0 Å². The summed E-state index contributed by atoms with van der Waals surface area (Å²) in [7, 11) is 0. The first kappa shape index (κ1) is 28.5. The van der Waals surface area contributed by atoms with Crippen molar-refractivity contribution in [3.05, 3.63) is 40.1 Å². The number of ether oxygens (including phenoxy) is 1. The van der Waals surface area contributed by atoms with E-state index in [0.717, 1.165) is 6.20 Å². The van der Waals surface area contributed by atoms with Gasteiger partial charge in [-0.25, -0.2) is 15.1 Å². The second-order valence-corrected chi connectivity index (χ2v) is 9.31. The number of H-pyrrole nitrogens is 1. The van der Waals surface area contributed by atoms with Crippen LogP contribution in [0.25, 0.3) is 0 Å². The number of rotatable bonds is 7. The van der Waals surface area contributed by atoms with Crippen molar-refractivity contribution in [1.82, 2.24) is 25.1 Å². The van der Waals surface area contributed by atoms with Crippen molar-refractivity contribution in [2.45, 2.75) is 56.4 Å². The second kappa shape index (κ2) is 11.0. The van der Waals surface area contributed by atoms with Crippen LogP contribution in [0.15, 0.2) is 23.4 Å². The van der Waals surface area contributed by atoms with Crippen LogP contribution in [0, 0.1) is 0 Å². The van der Waals surface area contributed by atoms with Crippen molar-refractivity contribution in [3.8, 4) is 0 Å². The predicted octanol–water partition coefficient (Wildman–Crippen LogP) is 1.66. The summed E-state index contributed by atoms with van der Waals surface area (Å²) < 4.78 is 83.6. The molecule has 3 N–H and O–H groups in total. The van der Waals surface area contributed by atoms with Gasteiger partial charge in [-0.15, -0.1) is 0 Å². The number of aliphatic hydroxyl groups excluding tert-OH is 1. The highest BCUT2D eigenvalue weighted by atomic mass is 19.4. The number of likely N-dealkylation sites (tertiary alicyclic amines) is 1. The Balaban J connectivity index is 1.30. The summed E-state index contributed by atoms with van der Waals surface area (Å²) in [6.07, 6.45) is -8.62. The van der Waals surface area contributed by atoms with E-state index < -0.39 is 59.0 Å². The molecule has 4 atom stereocenters. The first-order chi connectivity index (χ1) is 18.3. The molecule has 0 spiro atoms. The lowest BCUT2D eigenvalue weighted by atomic mass is 10.0. The number of hydrogen-bond donors (Lipinski definition) is 3. The molecule has 2 fully saturated rings. The Morgan fingerprint density at radius 2 is 1.79 bits per heavy atom. The summed E-state index contributed by atoms with van der Waals surface area (Å²) in [6.45, 7) is 1.93. The lowest BCUT2D eigenvalue weighted by molar-refractivity contribution is -0.141. The van der Waals surface area contributed by atoms with Crippen molar-refractivity contribution in [2.75, 3.05) is 36.5 Å². The molecule has 4 heterocycles. The molecule has 2 aliphatic rings. The number of carbonyl (C=O) groups excluding carboxylic acids is 1. The molecule has 0 saturated carbocycles. The number of nitrogens with one attached hydrogen (secondary N) is 2. The molecule has 2 aromatic rings. The average Bonchev–Trinajstić information content (AvgIpc) is 3.21. The first-order valence-electron chi connectivity index (χ1n) is 11.9. The van der Waals surface area contributed by atoms with Gasteiger partial charge in [0, 0.05) is 44.5 Å². The number of hydrogen-bond acceptors (Lipinski definition) is 9. The average molecular weight is 565 g/mol. The molecule has 0 aromatic carbocycles. The van der Waals surface area contributed by atoms with Gasteiger partial charge in [0.1, 0.15) is 11.7 Å². The Kier molecular flexibility index (Phi) is 8.02. The van der Waals surface area contributed by atoms with E-state index in [1.807, 2.05) is 0 Å².